The van der Waals surface area contributed by atoms with Gasteiger partial charge in [-0.05, 0) is 24.3 Å². The first-order valence-corrected chi connectivity index (χ1v) is 9.09. The number of fused-ring (bicyclic) bond motifs is 2. The monoisotopic (exact) mass is 414 g/mol. The number of aromatic amines is 2. The van der Waals surface area contributed by atoms with Gasteiger partial charge in [0.1, 0.15) is 34.9 Å². The molecule has 0 aliphatic rings. The average Bonchev–Trinajstić information content (AvgIpc) is 3.40. The van der Waals surface area contributed by atoms with Gasteiger partial charge in [-0.1, -0.05) is 0 Å². The summed E-state index contributed by atoms with van der Waals surface area (Å²) >= 11 is 0. The van der Waals surface area contributed by atoms with E-state index in [0.717, 1.165) is 0 Å². The van der Waals surface area contributed by atoms with Gasteiger partial charge in [-0.25, -0.2) is 9.97 Å². The minimum Gasteiger partial charge on any atom is -0.493 e. The van der Waals surface area contributed by atoms with Crippen molar-refractivity contribution in [3.8, 4) is 23.0 Å². The van der Waals surface area contributed by atoms with E-state index >= 15 is 0 Å². The van der Waals surface area contributed by atoms with Crippen LogP contribution in [-0.4, -0.2) is 58.6 Å². The highest BCUT2D eigenvalue weighted by molar-refractivity contribution is 5.86. The van der Waals surface area contributed by atoms with Gasteiger partial charge in [0.2, 0.25) is 0 Å². The molecule has 0 aliphatic carbocycles. The Balaban J connectivity index is 1.72. The summed E-state index contributed by atoms with van der Waals surface area (Å²) in [6.07, 6.45) is -2.75. The summed E-state index contributed by atoms with van der Waals surface area (Å²) in [4.78, 5) is 14.8. The number of hydrogen-bond acceptors (Lipinski definition) is 8. The maximum absolute atomic E-state index is 10.8. The number of ether oxygens (including phenoxy) is 4. The summed E-state index contributed by atoms with van der Waals surface area (Å²) in [5.74, 6) is 2.20. The summed E-state index contributed by atoms with van der Waals surface area (Å²) in [6, 6.07) is 6.96. The average molecular weight is 414 g/mol. The molecule has 4 N–H and O–H groups in total. The lowest BCUT2D eigenvalue weighted by molar-refractivity contribution is 0.00778. The molecule has 2 aromatic heterocycles. The fourth-order valence-corrected chi connectivity index (χ4v) is 3.40. The molecule has 0 fully saturated rings. The molecule has 2 heterocycles. The van der Waals surface area contributed by atoms with Crippen LogP contribution in [-0.2, 0) is 0 Å². The Kier molecular flexibility index (Phi) is 5.10. The maximum atomic E-state index is 10.8. The van der Waals surface area contributed by atoms with Crippen molar-refractivity contribution < 1.29 is 29.2 Å². The normalized spacial score (nSPS) is 13.4. The molecule has 0 spiro atoms. The molecule has 0 aliphatic heterocycles. The molecular formula is C20H22N4O6. The van der Waals surface area contributed by atoms with Crippen molar-refractivity contribution in [1.29, 1.82) is 0 Å². The van der Waals surface area contributed by atoms with Crippen LogP contribution < -0.4 is 18.9 Å². The smallest absolute Gasteiger partial charge is 0.188 e. The zero-order valence-electron chi connectivity index (χ0n) is 16.9. The molecule has 0 saturated heterocycles. The first kappa shape index (κ1) is 19.8. The first-order chi connectivity index (χ1) is 14.5. The number of H-pyrrole nitrogens is 2. The molecule has 2 unspecified atom stereocenters. The summed E-state index contributed by atoms with van der Waals surface area (Å²) < 4.78 is 21.3. The zero-order valence-corrected chi connectivity index (χ0v) is 16.9. The molecule has 158 valence electrons. The lowest BCUT2D eigenvalue weighted by Gasteiger charge is -2.13. The lowest BCUT2D eigenvalue weighted by Crippen LogP contribution is -2.13. The van der Waals surface area contributed by atoms with Crippen LogP contribution in [0.1, 0.15) is 23.9 Å². The van der Waals surface area contributed by atoms with Gasteiger partial charge in [0, 0.05) is 0 Å². The molecule has 0 radical (unpaired) electrons. The van der Waals surface area contributed by atoms with Crippen LogP contribution >= 0.6 is 0 Å². The molecule has 10 nitrogen and oxygen atoms in total. The number of nitrogens with zero attached hydrogens (tertiary/aromatic N) is 2. The van der Waals surface area contributed by atoms with E-state index in [-0.39, 0.29) is 11.6 Å². The number of rotatable bonds is 7. The van der Waals surface area contributed by atoms with Crippen LogP contribution in [0.2, 0.25) is 0 Å². The van der Waals surface area contributed by atoms with Crippen molar-refractivity contribution in [2.75, 3.05) is 28.4 Å². The first-order valence-electron chi connectivity index (χ1n) is 9.09. The van der Waals surface area contributed by atoms with Gasteiger partial charge < -0.3 is 39.1 Å². The maximum Gasteiger partial charge on any atom is 0.188 e. The van der Waals surface area contributed by atoms with E-state index in [9.17, 15) is 10.2 Å². The van der Waals surface area contributed by atoms with Gasteiger partial charge in [0.25, 0.3) is 0 Å². The SMILES string of the molecule is COc1ccc2[nH]c(C(O)C(O)c3nc4c(OC)c(OC)ccc4[nH]3)nc2c1OC. The standard InChI is InChI=1S/C20H22N4O6/c1-27-11-7-5-9-13(17(11)29-3)23-19(21-9)15(25)16(26)20-22-10-6-8-12(28-2)18(30-4)14(10)24-20/h5-8,15-16,25-26H,1-4H3,(H,21,23)(H,22,24). The zero-order chi connectivity index (χ0) is 21.4. The minimum atomic E-state index is -1.37. The lowest BCUT2D eigenvalue weighted by atomic mass is 10.2. The molecule has 10 heteroatoms. The Morgan fingerprint density at radius 1 is 0.667 bits per heavy atom. The Morgan fingerprint density at radius 3 is 1.40 bits per heavy atom. The molecule has 4 rings (SSSR count). The quantitative estimate of drug-likeness (QED) is 0.362. The van der Waals surface area contributed by atoms with Gasteiger partial charge in [-0.2, -0.15) is 0 Å². The van der Waals surface area contributed by atoms with Crippen molar-refractivity contribution in [2.45, 2.75) is 12.2 Å². The van der Waals surface area contributed by atoms with Crippen LogP contribution in [0.3, 0.4) is 0 Å². The van der Waals surface area contributed by atoms with E-state index in [0.29, 0.717) is 45.1 Å². The number of imidazole rings is 2. The third-order valence-corrected chi connectivity index (χ3v) is 4.89. The van der Waals surface area contributed by atoms with Crippen LogP contribution in [0.4, 0.5) is 0 Å². The van der Waals surface area contributed by atoms with Gasteiger partial charge in [0.05, 0.1) is 39.5 Å². The van der Waals surface area contributed by atoms with Crippen LogP contribution in [0.15, 0.2) is 24.3 Å². The highest BCUT2D eigenvalue weighted by Gasteiger charge is 2.28. The van der Waals surface area contributed by atoms with Crippen LogP contribution in [0, 0.1) is 0 Å². The predicted molar refractivity (Wildman–Crippen MR) is 108 cm³/mol. The van der Waals surface area contributed by atoms with Gasteiger partial charge in [0.15, 0.2) is 23.0 Å². The molecule has 2 atom stereocenters. The van der Waals surface area contributed by atoms with Crippen molar-refractivity contribution in [3.63, 3.8) is 0 Å². The van der Waals surface area contributed by atoms with Crippen molar-refractivity contribution in [3.05, 3.63) is 35.9 Å². The van der Waals surface area contributed by atoms with Gasteiger partial charge >= 0.3 is 0 Å². The van der Waals surface area contributed by atoms with E-state index in [2.05, 4.69) is 19.9 Å². The number of aliphatic hydroxyl groups is 2. The number of benzene rings is 2. The topological polar surface area (TPSA) is 135 Å². The Labute approximate surface area is 171 Å². The second-order valence-electron chi connectivity index (χ2n) is 6.53. The molecule has 0 saturated carbocycles. The van der Waals surface area contributed by atoms with Crippen molar-refractivity contribution >= 4 is 22.1 Å². The fourth-order valence-electron chi connectivity index (χ4n) is 3.40. The molecule has 0 bridgehead atoms. The number of aromatic nitrogens is 4. The highest BCUT2D eigenvalue weighted by atomic mass is 16.5. The van der Waals surface area contributed by atoms with Crippen LogP contribution in [0.25, 0.3) is 22.1 Å². The predicted octanol–water partition coefficient (Wildman–Crippen LogP) is 2.24. The van der Waals surface area contributed by atoms with Crippen molar-refractivity contribution in [2.24, 2.45) is 0 Å². The summed E-state index contributed by atoms with van der Waals surface area (Å²) in [5, 5.41) is 21.5. The number of methoxy groups -OCH3 is 4. The van der Waals surface area contributed by atoms with Gasteiger partial charge in [-0.15, -0.1) is 0 Å². The Bertz CT molecular complexity index is 1110. The third kappa shape index (κ3) is 3.06. The van der Waals surface area contributed by atoms with Crippen LogP contribution in [0.5, 0.6) is 23.0 Å². The third-order valence-electron chi connectivity index (χ3n) is 4.89. The number of hydrogen-bond donors (Lipinski definition) is 4. The second kappa shape index (κ2) is 7.73. The van der Waals surface area contributed by atoms with Crippen molar-refractivity contribution in [1.82, 2.24) is 19.9 Å². The fraction of sp³-hybridized carbons (Fsp3) is 0.300. The number of aliphatic hydroxyl groups excluding tert-OH is 2. The largest absolute Gasteiger partial charge is 0.493 e. The molecular weight excluding hydrogens is 392 g/mol. The van der Waals surface area contributed by atoms with E-state index in [4.69, 9.17) is 18.9 Å². The van der Waals surface area contributed by atoms with E-state index in [1.807, 2.05) is 0 Å². The molecule has 2 aromatic carbocycles. The van der Waals surface area contributed by atoms with E-state index in [1.165, 1.54) is 28.4 Å². The Hall–Kier alpha value is -3.50. The summed E-state index contributed by atoms with van der Waals surface area (Å²) in [7, 11) is 6.07. The minimum absolute atomic E-state index is 0.161. The Morgan fingerprint density at radius 2 is 1.07 bits per heavy atom. The van der Waals surface area contributed by atoms with E-state index < -0.39 is 12.2 Å². The molecule has 30 heavy (non-hydrogen) atoms. The summed E-state index contributed by atoms with van der Waals surface area (Å²) in [6.45, 7) is 0. The van der Waals surface area contributed by atoms with Gasteiger partial charge in [-0.3, -0.25) is 0 Å². The highest BCUT2D eigenvalue weighted by Crippen LogP contribution is 2.38. The molecule has 0 amide bonds. The number of nitrogens with one attached hydrogen (secondary N) is 2. The van der Waals surface area contributed by atoms with E-state index in [1.54, 1.807) is 24.3 Å². The second-order valence-corrected chi connectivity index (χ2v) is 6.53. The molecule has 4 aromatic rings. The summed E-state index contributed by atoms with van der Waals surface area (Å²) in [5.41, 5.74) is 2.22.